The number of allylic oxidation sites excluding steroid dienone is 1. The van der Waals surface area contributed by atoms with Gasteiger partial charge in [-0.05, 0) is 0 Å². The fourth-order valence-electron chi connectivity index (χ4n) is 0.348. The summed E-state index contributed by atoms with van der Waals surface area (Å²) in [6, 6.07) is 0. The average Bonchev–Trinajstić information content (AvgIpc) is 1.72. The Morgan fingerprint density at radius 1 is 1.71 bits per heavy atom. The molecule has 0 aliphatic rings. The van der Waals surface area contributed by atoms with E-state index in [1.165, 1.54) is 3.70 Å². The Morgan fingerprint density at radius 3 is 2.29 bits per heavy atom. The number of nitrogens with one attached hydrogen (secondary N) is 1. The van der Waals surface area contributed by atoms with Crippen LogP contribution in [0.2, 0.25) is 0 Å². The summed E-state index contributed by atoms with van der Waals surface area (Å²) in [7, 11) is 1.97. The molecule has 0 aliphatic heterocycles. The van der Waals surface area contributed by atoms with Gasteiger partial charge in [-0.1, -0.05) is 0 Å². The van der Waals surface area contributed by atoms with Crippen LogP contribution < -0.4 is 26.5 Å². The predicted octanol–water partition coefficient (Wildman–Crippen LogP) is -2.21. The Hall–Kier alpha value is 0.270. The Labute approximate surface area is 55.4 Å². The van der Waals surface area contributed by atoms with Crippen molar-refractivity contribution in [1.82, 2.24) is 5.32 Å². The molecule has 0 saturated carbocycles. The van der Waals surface area contributed by atoms with Gasteiger partial charge >= 0.3 is 55.2 Å². The summed E-state index contributed by atoms with van der Waals surface area (Å²) in [5.41, 5.74) is 0. The van der Waals surface area contributed by atoms with Crippen LogP contribution in [0.25, 0.3) is 0 Å². The summed E-state index contributed by atoms with van der Waals surface area (Å²) in [6.07, 6.45) is 2.13. The van der Waals surface area contributed by atoms with Crippen LogP contribution in [0.1, 0.15) is 6.92 Å². The molecule has 0 aliphatic carbocycles. The van der Waals surface area contributed by atoms with Crippen LogP contribution in [0.15, 0.2) is 9.78 Å². The number of rotatable bonds is 2. The standard InChI is InChI=1S/C5H11IN/c1-4-5(6-2)7-3/h4,7H,1-3H3/q-1/b5-4+. The van der Waals surface area contributed by atoms with E-state index in [1.807, 2.05) is 7.05 Å². The van der Waals surface area contributed by atoms with Gasteiger partial charge in [0.2, 0.25) is 0 Å². The first-order valence-corrected chi connectivity index (χ1v) is 5.42. The molecule has 0 bridgehead atoms. The Morgan fingerprint density at radius 2 is 2.29 bits per heavy atom. The van der Waals surface area contributed by atoms with Crippen molar-refractivity contribution in [2.75, 3.05) is 12.0 Å². The first-order valence-electron chi connectivity index (χ1n) is 2.18. The monoisotopic (exact) mass is 212 g/mol. The topological polar surface area (TPSA) is 12.0 Å². The van der Waals surface area contributed by atoms with E-state index in [4.69, 9.17) is 0 Å². The SMILES string of the molecule is C/C=C(/NC)[I-]C. The normalized spacial score (nSPS) is 12.1. The molecule has 2 heteroatoms. The first kappa shape index (κ1) is 7.27. The predicted molar refractivity (Wildman–Crippen MR) is 28.7 cm³/mol. The summed E-state index contributed by atoms with van der Waals surface area (Å²) in [4.78, 5) is 2.24. The second-order valence-corrected chi connectivity index (χ2v) is 3.32. The second-order valence-electron chi connectivity index (χ2n) is 1.08. The van der Waals surface area contributed by atoms with E-state index < -0.39 is 0 Å². The van der Waals surface area contributed by atoms with Crippen molar-refractivity contribution in [1.29, 1.82) is 0 Å². The molecule has 7 heavy (non-hydrogen) atoms. The summed E-state index contributed by atoms with van der Waals surface area (Å²) in [5.74, 6) is 0. The van der Waals surface area contributed by atoms with Crippen molar-refractivity contribution in [3.63, 3.8) is 0 Å². The molecule has 0 amide bonds. The number of hydrogen-bond donors (Lipinski definition) is 1. The van der Waals surface area contributed by atoms with Crippen LogP contribution in [0.4, 0.5) is 0 Å². The molecule has 0 fully saturated rings. The van der Waals surface area contributed by atoms with Crippen LogP contribution in [-0.2, 0) is 0 Å². The summed E-state index contributed by atoms with van der Waals surface area (Å²) >= 11 is 0.291. The van der Waals surface area contributed by atoms with Gasteiger partial charge in [0, 0.05) is 0 Å². The average molecular weight is 212 g/mol. The third kappa shape index (κ3) is 2.91. The number of halogens is 1. The zero-order valence-electron chi connectivity index (χ0n) is 4.96. The van der Waals surface area contributed by atoms with Gasteiger partial charge in [-0.3, -0.25) is 0 Å². The Bertz CT molecular complexity index is 62.5. The molecule has 0 aromatic rings. The van der Waals surface area contributed by atoms with Crippen LogP contribution in [0.3, 0.4) is 0 Å². The Kier molecular flexibility index (Phi) is 4.60. The van der Waals surface area contributed by atoms with Crippen LogP contribution in [0.5, 0.6) is 0 Å². The van der Waals surface area contributed by atoms with E-state index >= 15 is 0 Å². The van der Waals surface area contributed by atoms with E-state index in [9.17, 15) is 0 Å². The molecular weight excluding hydrogens is 201 g/mol. The second kappa shape index (κ2) is 4.43. The number of alkyl halides is 1. The first-order chi connectivity index (χ1) is 3.35. The fourth-order valence-corrected chi connectivity index (χ4v) is 1.51. The van der Waals surface area contributed by atoms with Crippen LogP contribution in [-0.4, -0.2) is 12.0 Å². The van der Waals surface area contributed by atoms with Crippen molar-refractivity contribution in [3.05, 3.63) is 9.78 Å². The third-order valence-corrected chi connectivity index (χ3v) is 3.02. The zero-order valence-corrected chi connectivity index (χ0v) is 7.11. The van der Waals surface area contributed by atoms with Crippen molar-refractivity contribution >= 4 is 0 Å². The molecule has 0 rings (SSSR count). The molecule has 1 nitrogen and oxygen atoms in total. The number of hydrogen-bond acceptors (Lipinski definition) is 1. The maximum absolute atomic E-state index is 3.11. The molecule has 0 aromatic heterocycles. The molecule has 0 aromatic carbocycles. The quantitative estimate of drug-likeness (QED) is 0.311. The van der Waals surface area contributed by atoms with Gasteiger partial charge in [-0.15, -0.1) is 0 Å². The molecule has 1 N–H and O–H groups in total. The molecular formula is C5H11IN-. The van der Waals surface area contributed by atoms with Gasteiger partial charge in [0.1, 0.15) is 0 Å². The molecule has 0 saturated heterocycles. The minimum atomic E-state index is 0.291. The van der Waals surface area contributed by atoms with Crippen LogP contribution >= 0.6 is 0 Å². The van der Waals surface area contributed by atoms with E-state index in [-0.39, 0.29) is 0 Å². The molecule has 0 heterocycles. The van der Waals surface area contributed by atoms with E-state index in [2.05, 4.69) is 23.2 Å². The van der Waals surface area contributed by atoms with Gasteiger partial charge in [0.05, 0.1) is 0 Å². The van der Waals surface area contributed by atoms with Gasteiger partial charge in [0.15, 0.2) is 0 Å². The van der Waals surface area contributed by atoms with E-state index in [1.54, 1.807) is 0 Å². The van der Waals surface area contributed by atoms with Crippen LogP contribution in [0, 0.1) is 0 Å². The van der Waals surface area contributed by atoms with Crippen molar-refractivity contribution in [3.8, 4) is 0 Å². The Balaban J connectivity index is 3.38. The van der Waals surface area contributed by atoms with Crippen molar-refractivity contribution in [2.45, 2.75) is 6.92 Å². The molecule has 0 radical (unpaired) electrons. The van der Waals surface area contributed by atoms with Gasteiger partial charge in [-0.25, -0.2) is 0 Å². The van der Waals surface area contributed by atoms with Gasteiger partial charge in [0.25, 0.3) is 0 Å². The third-order valence-electron chi connectivity index (χ3n) is 0.696. The molecule has 44 valence electrons. The minimum absolute atomic E-state index is 0.291. The van der Waals surface area contributed by atoms with Crippen molar-refractivity contribution in [2.24, 2.45) is 0 Å². The maximum atomic E-state index is 3.11. The molecule has 0 atom stereocenters. The summed E-state index contributed by atoms with van der Waals surface area (Å²) in [5, 5.41) is 3.11. The fraction of sp³-hybridized carbons (Fsp3) is 0.600. The van der Waals surface area contributed by atoms with E-state index in [0.29, 0.717) is 21.2 Å². The summed E-state index contributed by atoms with van der Waals surface area (Å²) < 4.78 is 1.42. The zero-order chi connectivity index (χ0) is 5.70. The van der Waals surface area contributed by atoms with Crippen molar-refractivity contribution < 1.29 is 21.2 Å². The summed E-state index contributed by atoms with van der Waals surface area (Å²) in [6.45, 7) is 2.06. The van der Waals surface area contributed by atoms with E-state index in [0.717, 1.165) is 0 Å². The van der Waals surface area contributed by atoms with Gasteiger partial charge in [-0.2, -0.15) is 0 Å². The molecule has 0 spiro atoms. The molecule has 0 unspecified atom stereocenters. The van der Waals surface area contributed by atoms with Gasteiger partial charge < -0.3 is 0 Å².